The van der Waals surface area contributed by atoms with E-state index in [2.05, 4.69) is 15.5 Å². The summed E-state index contributed by atoms with van der Waals surface area (Å²) in [5.74, 6) is -0.222. The topological polar surface area (TPSA) is 122 Å². The van der Waals surface area contributed by atoms with Crippen molar-refractivity contribution in [1.82, 2.24) is 14.8 Å². The highest BCUT2D eigenvalue weighted by atomic mass is 32.2. The summed E-state index contributed by atoms with van der Waals surface area (Å²) in [7, 11) is 2.48. The molecule has 1 unspecified atom stereocenters. The van der Waals surface area contributed by atoms with Crippen molar-refractivity contribution in [3.63, 3.8) is 0 Å². The van der Waals surface area contributed by atoms with Crippen LogP contribution >= 0.6 is 23.1 Å². The molecule has 1 aromatic carbocycles. The smallest absolute Gasteiger partial charge is 0.348 e. The summed E-state index contributed by atoms with van der Waals surface area (Å²) in [5.41, 5.74) is 2.84. The van der Waals surface area contributed by atoms with E-state index in [-0.39, 0.29) is 33.2 Å². The lowest BCUT2D eigenvalue weighted by Gasteiger charge is -2.16. The van der Waals surface area contributed by atoms with E-state index in [1.807, 2.05) is 50.5 Å². The first kappa shape index (κ1) is 28.2. The monoisotopic (exact) mass is 546 g/mol. The molecule has 1 amide bonds. The fourth-order valence-electron chi connectivity index (χ4n) is 3.58. The van der Waals surface area contributed by atoms with Crippen LogP contribution < -0.4 is 10.1 Å². The average molecular weight is 547 g/mol. The second-order valence-electron chi connectivity index (χ2n) is 8.17. The standard InChI is InChI=1S/C25H30N4O6S2/c1-8-29-21(16(5)35-17-10-9-13(2)14(3)11-17)27-28-25(29)36-12-18(30)26-22-19(23(31)33-6)15(4)20(37-22)24(32)34-7/h9-11,16H,8,12H2,1-7H3,(H,26,30). The van der Waals surface area contributed by atoms with E-state index < -0.39 is 11.9 Å². The fourth-order valence-corrected chi connectivity index (χ4v) is 5.52. The van der Waals surface area contributed by atoms with Gasteiger partial charge in [-0.3, -0.25) is 4.79 Å². The SMILES string of the molecule is CCn1c(SCC(=O)Nc2sc(C(=O)OC)c(C)c2C(=O)OC)nnc1C(C)Oc1ccc(C)c(C)c1. The van der Waals surface area contributed by atoms with Crippen LogP contribution in [0, 0.1) is 20.8 Å². The molecule has 0 aliphatic heterocycles. The van der Waals surface area contributed by atoms with Crippen molar-refractivity contribution in [2.24, 2.45) is 0 Å². The minimum absolute atomic E-state index is 0.00957. The van der Waals surface area contributed by atoms with Crippen LogP contribution in [-0.4, -0.2) is 52.6 Å². The predicted molar refractivity (Wildman–Crippen MR) is 142 cm³/mol. The number of carbonyl (C=O) groups excluding carboxylic acids is 3. The van der Waals surface area contributed by atoms with Crippen LogP contribution in [0.5, 0.6) is 5.75 Å². The molecule has 3 rings (SSSR count). The maximum atomic E-state index is 12.8. The Balaban J connectivity index is 1.72. The van der Waals surface area contributed by atoms with Gasteiger partial charge in [0.25, 0.3) is 0 Å². The highest BCUT2D eigenvalue weighted by Gasteiger charge is 2.27. The number of methoxy groups -OCH3 is 2. The van der Waals surface area contributed by atoms with Crippen LogP contribution in [0.3, 0.4) is 0 Å². The van der Waals surface area contributed by atoms with Crippen molar-refractivity contribution in [2.75, 3.05) is 25.3 Å². The Morgan fingerprint density at radius 2 is 1.78 bits per heavy atom. The number of nitrogens with one attached hydrogen (secondary N) is 1. The predicted octanol–water partition coefficient (Wildman–Crippen LogP) is 4.73. The largest absolute Gasteiger partial charge is 0.483 e. The molecule has 0 fully saturated rings. The molecule has 2 aromatic heterocycles. The van der Waals surface area contributed by atoms with Crippen molar-refractivity contribution in [3.8, 4) is 5.75 Å². The van der Waals surface area contributed by atoms with Gasteiger partial charge < -0.3 is 24.1 Å². The Kier molecular flexibility index (Phi) is 9.33. The van der Waals surface area contributed by atoms with E-state index in [4.69, 9.17) is 14.2 Å². The Labute approximate surface area is 223 Å². The minimum atomic E-state index is -0.653. The van der Waals surface area contributed by atoms with Gasteiger partial charge in [-0.1, -0.05) is 17.8 Å². The van der Waals surface area contributed by atoms with Gasteiger partial charge in [-0.2, -0.15) is 0 Å². The second kappa shape index (κ2) is 12.2. The highest BCUT2D eigenvalue weighted by molar-refractivity contribution is 7.99. The molecule has 198 valence electrons. The van der Waals surface area contributed by atoms with Gasteiger partial charge in [-0.05, 0) is 63.4 Å². The number of thioether (sulfide) groups is 1. The zero-order chi connectivity index (χ0) is 27.3. The molecule has 10 nitrogen and oxygen atoms in total. The summed E-state index contributed by atoms with van der Waals surface area (Å²) in [6.45, 7) is 10.1. The van der Waals surface area contributed by atoms with E-state index in [1.165, 1.54) is 31.5 Å². The summed E-state index contributed by atoms with van der Waals surface area (Å²) in [5, 5.41) is 12.1. The van der Waals surface area contributed by atoms with E-state index in [0.717, 1.165) is 22.6 Å². The number of hydrogen-bond acceptors (Lipinski definition) is 10. The number of rotatable bonds is 10. The Morgan fingerprint density at radius 1 is 1.08 bits per heavy atom. The first-order valence-corrected chi connectivity index (χ1v) is 13.3. The number of benzene rings is 1. The molecule has 0 spiro atoms. The van der Waals surface area contributed by atoms with Crippen LogP contribution in [0.4, 0.5) is 5.00 Å². The quantitative estimate of drug-likeness (QED) is 0.284. The zero-order valence-corrected chi connectivity index (χ0v) is 23.5. The number of anilines is 1. The van der Waals surface area contributed by atoms with Gasteiger partial charge >= 0.3 is 11.9 Å². The number of esters is 2. The number of amides is 1. The van der Waals surface area contributed by atoms with Gasteiger partial charge in [0, 0.05) is 6.54 Å². The molecular weight excluding hydrogens is 516 g/mol. The van der Waals surface area contributed by atoms with Crippen LogP contribution in [0.25, 0.3) is 0 Å². The van der Waals surface area contributed by atoms with Crippen molar-refractivity contribution in [2.45, 2.75) is 52.4 Å². The maximum Gasteiger partial charge on any atom is 0.348 e. The summed E-state index contributed by atoms with van der Waals surface area (Å²) < 4.78 is 17.6. The van der Waals surface area contributed by atoms with E-state index >= 15 is 0 Å². The number of carbonyl (C=O) groups is 3. The first-order valence-electron chi connectivity index (χ1n) is 11.5. The minimum Gasteiger partial charge on any atom is -0.483 e. The molecule has 0 saturated carbocycles. The molecule has 1 N–H and O–H groups in total. The number of ether oxygens (including phenoxy) is 3. The molecule has 0 aliphatic rings. The van der Waals surface area contributed by atoms with Gasteiger partial charge in [0.05, 0.1) is 25.5 Å². The van der Waals surface area contributed by atoms with Crippen LogP contribution in [-0.2, 0) is 20.8 Å². The van der Waals surface area contributed by atoms with E-state index in [9.17, 15) is 14.4 Å². The molecule has 2 heterocycles. The normalized spacial score (nSPS) is 11.6. The van der Waals surface area contributed by atoms with Crippen molar-refractivity contribution >= 4 is 45.9 Å². The number of nitrogens with zero attached hydrogens (tertiary/aromatic N) is 3. The molecule has 0 saturated heterocycles. The lowest BCUT2D eigenvalue weighted by molar-refractivity contribution is -0.113. The Bertz CT molecular complexity index is 1320. The average Bonchev–Trinajstić information content (AvgIpc) is 3.44. The second-order valence-corrected chi connectivity index (χ2v) is 10.1. The molecule has 0 bridgehead atoms. The van der Waals surface area contributed by atoms with Gasteiger partial charge in [0.2, 0.25) is 5.91 Å². The van der Waals surface area contributed by atoms with Crippen LogP contribution in [0.1, 0.15) is 62.5 Å². The molecular formula is C25H30N4O6S2. The van der Waals surface area contributed by atoms with E-state index in [1.54, 1.807) is 6.92 Å². The third-order valence-electron chi connectivity index (χ3n) is 5.71. The summed E-state index contributed by atoms with van der Waals surface area (Å²) in [6, 6.07) is 5.92. The summed E-state index contributed by atoms with van der Waals surface area (Å²) in [4.78, 5) is 37.4. The van der Waals surface area contributed by atoms with Crippen molar-refractivity contribution < 1.29 is 28.6 Å². The number of hydrogen-bond donors (Lipinski definition) is 1. The van der Waals surface area contributed by atoms with Gasteiger partial charge in [-0.15, -0.1) is 21.5 Å². The number of thiophene rings is 1. The third-order valence-corrected chi connectivity index (χ3v) is 7.86. The molecule has 0 radical (unpaired) electrons. The molecule has 37 heavy (non-hydrogen) atoms. The number of aryl methyl sites for hydroxylation is 2. The molecule has 12 heteroatoms. The zero-order valence-electron chi connectivity index (χ0n) is 21.8. The third kappa shape index (κ3) is 6.31. The summed E-state index contributed by atoms with van der Waals surface area (Å²) >= 11 is 2.17. The van der Waals surface area contributed by atoms with Gasteiger partial charge in [0.1, 0.15) is 15.6 Å². The van der Waals surface area contributed by atoms with Crippen molar-refractivity contribution in [1.29, 1.82) is 0 Å². The van der Waals surface area contributed by atoms with Gasteiger partial charge in [0.15, 0.2) is 17.1 Å². The molecule has 0 aliphatic carbocycles. The van der Waals surface area contributed by atoms with Crippen LogP contribution in [0.15, 0.2) is 23.4 Å². The van der Waals surface area contributed by atoms with Crippen LogP contribution in [0.2, 0.25) is 0 Å². The van der Waals surface area contributed by atoms with Crippen molar-refractivity contribution in [3.05, 3.63) is 51.2 Å². The summed E-state index contributed by atoms with van der Waals surface area (Å²) in [6.07, 6.45) is -0.355. The lowest BCUT2D eigenvalue weighted by Crippen LogP contribution is -2.17. The Morgan fingerprint density at radius 3 is 2.41 bits per heavy atom. The highest BCUT2D eigenvalue weighted by Crippen LogP contribution is 2.34. The fraction of sp³-hybridized carbons (Fsp3) is 0.400. The number of aromatic nitrogens is 3. The Hall–Kier alpha value is -3.38. The van der Waals surface area contributed by atoms with E-state index in [0.29, 0.717) is 23.1 Å². The lowest BCUT2D eigenvalue weighted by atomic mass is 10.1. The maximum absolute atomic E-state index is 12.8. The first-order chi connectivity index (χ1) is 17.6. The molecule has 1 atom stereocenters. The van der Waals surface area contributed by atoms with Gasteiger partial charge in [-0.25, -0.2) is 9.59 Å². The molecule has 3 aromatic rings.